The molecule has 2 rings (SSSR count). The molecular weight excluding hydrogens is 250 g/mol. The van der Waals surface area contributed by atoms with Crippen LogP contribution in [0, 0.1) is 12.8 Å². The monoisotopic (exact) mass is 275 g/mol. The fourth-order valence-electron chi connectivity index (χ4n) is 2.99. The Hall–Kier alpha value is -1.55. The van der Waals surface area contributed by atoms with Gasteiger partial charge in [0.15, 0.2) is 0 Å². The van der Waals surface area contributed by atoms with Crippen molar-refractivity contribution in [2.75, 3.05) is 5.43 Å². The van der Waals surface area contributed by atoms with E-state index in [1.807, 2.05) is 25.1 Å². The van der Waals surface area contributed by atoms with Crippen molar-refractivity contribution in [2.45, 2.75) is 52.0 Å². The van der Waals surface area contributed by atoms with E-state index in [0.717, 1.165) is 35.6 Å². The van der Waals surface area contributed by atoms with Gasteiger partial charge < -0.3 is 10.7 Å². The Morgan fingerprint density at radius 2 is 2.00 bits per heavy atom. The number of aryl methyl sites for hydroxylation is 1. The van der Waals surface area contributed by atoms with Crippen LogP contribution in [-0.4, -0.2) is 11.9 Å². The summed E-state index contributed by atoms with van der Waals surface area (Å²) in [5, 5.41) is 3.17. The van der Waals surface area contributed by atoms with Crippen LogP contribution in [0.4, 0.5) is 5.69 Å². The number of nitrogens with one attached hydrogen (secondary N) is 2. The fourth-order valence-corrected chi connectivity index (χ4v) is 2.99. The van der Waals surface area contributed by atoms with Crippen molar-refractivity contribution in [1.82, 2.24) is 5.32 Å². The van der Waals surface area contributed by atoms with E-state index in [1.54, 1.807) is 0 Å². The van der Waals surface area contributed by atoms with Gasteiger partial charge in [-0.1, -0.05) is 13.3 Å². The van der Waals surface area contributed by atoms with Gasteiger partial charge in [-0.3, -0.25) is 10.6 Å². The molecule has 1 saturated carbocycles. The van der Waals surface area contributed by atoms with Crippen molar-refractivity contribution in [2.24, 2.45) is 11.8 Å². The zero-order chi connectivity index (χ0) is 14.5. The number of hydrogen-bond acceptors (Lipinski definition) is 3. The maximum absolute atomic E-state index is 12.3. The lowest BCUT2D eigenvalue weighted by molar-refractivity contribution is 0.0921. The van der Waals surface area contributed by atoms with E-state index in [1.165, 1.54) is 19.3 Å². The lowest BCUT2D eigenvalue weighted by Crippen LogP contribution is -2.37. The number of hydrogen-bond donors (Lipinski definition) is 3. The Kier molecular flexibility index (Phi) is 5.01. The van der Waals surface area contributed by atoms with E-state index in [9.17, 15) is 4.79 Å². The van der Waals surface area contributed by atoms with Crippen molar-refractivity contribution in [1.29, 1.82) is 0 Å². The molecule has 4 N–H and O–H groups in total. The summed E-state index contributed by atoms with van der Waals surface area (Å²) >= 11 is 0. The maximum Gasteiger partial charge on any atom is 0.251 e. The summed E-state index contributed by atoms with van der Waals surface area (Å²) in [5.74, 6) is 6.25. The minimum atomic E-state index is 0.0334. The number of rotatable bonds is 4. The molecule has 20 heavy (non-hydrogen) atoms. The quantitative estimate of drug-likeness (QED) is 0.584. The van der Waals surface area contributed by atoms with Gasteiger partial charge in [0.1, 0.15) is 0 Å². The molecule has 1 amide bonds. The van der Waals surface area contributed by atoms with Gasteiger partial charge in [-0.05, 0) is 62.3 Å². The number of nitrogen functional groups attached to an aromatic ring is 1. The molecule has 1 aliphatic rings. The molecular formula is C16H25N3O. The van der Waals surface area contributed by atoms with Crippen LogP contribution >= 0.6 is 0 Å². The van der Waals surface area contributed by atoms with E-state index in [-0.39, 0.29) is 5.91 Å². The third kappa shape index (κ3) is 3.51. The summed E-state index contributed by atoms with van der Waals surface area (Å²) in [6, 6.07) is 5.88. The summed E-state index contributed by atoms with van der Waals surface area (Å²) in [4.78, 5) is 12.3. The molecule has 0 unspecified atom stereocenters. The topological polar surface area (TPSA) is 67.2 Å². The molecule has 1 aromatic rings. The molecule has 110 valence electrons. The molecule has 0 spiro atoms. The van der Waals surface area contributed by atoms with Crippen LogP contribution in [0.2, 0.25) is 0 Å². The molecule has 0 bridgehead atoms. The van der Waals surface area contributed by atoms with Gasteiger partial charge in [-0.2, -0.15) is 0 Å². The van der Waals surface area contributed by atoms with Crippen LogP contribution in [0.3, 0.4) is 0 Å². The molecule has 4 nitrogen and oxygen atoms in total. The third-order valence-corrected chi connectivity index (χ3v) is 4.40. The Morgan fingerprint density at radius 3 is 2.55 bits per heavy atom. The highest BCUT2D eigenvalue weighted by atomic mass is 16.1. The summed E-state index contributed by atoms with van der Waals surface area (Å²) < 4.78 is 0. The summed E-state index contributed by atoms with van der Waals surface area (Å²) in [7, 11) is 0. The van der Waals surface area contributed by atoms with Gasteiger partial charge in [0.2, 0.25) is 0 Å². The van der Waals surface area contributed by atoms with Gasteiger partial charge in [-0.15, -0.1) is 0 Å². The number of nitrogens with two attached hydrogens (primary N) is 1. The molecule has 0 aliphatic heterocycles. The molecule has 1 aliphatic carbocycles. The molecule has 4 heteroatoms. The highest BCUT2D eigenvalue weighted by Gasteiger charge is 2.22. The SMILES string of the molecule is CCC1CCC(NC(=O)c2ccc(NN)cc2C)CC1. The molecule has 0 aromatic heterocycles. The molecule has 0 saturated heterocycles. The van der Waals surface area contributed by atoms with E-state index in [2.05, 4.69) is 17.7 Å². The third-order valence-electron chi connectivity index (χ3n) is 4.40. The predicted molar refractivity (Wildman–Crippen MR) is 82.5 cm³/mol. The number of amides is 1. The first-order valence-electron chi connectivity index (χ1n) is 7.52. The van der Waals surface area contributed by atoms with Crippen molar-refractivity contribution in [3.63, 3.8) is 0 Å². The molecule has 0 heterocycles. The molecule has 1 fully saturated rings. The van der Waals surface area contributed by atoms with Crippen molar-refractivity contribution >= 4 is 11.6 Å². The number of carbonyl (C=O) groups excluding carboxylic acids is 1. The smallest absolute Gasteiger partial charge is 0.251 e. The van der Waals surface area contributed by atoms with Crippen LogP contribution in [0.25, 0.3) is 0 Å². The number of anilines is 1. The zero-order valence-corrected chi connectivity index (χ0v) is 12.4. The predicted octanol–water partition coefficient (Wildman–Crippen LogP) is 2.98. The molecule has 0 atom stereocenters. The normalized spacial score (nSPS) is 22.4. The number of hydrazine groups is 1. The van der Waals surface area contributed by atoms with Crippen LogP contribution in [0.1, 0.15) is 54.9 Å². The van der Waals surface area contributed by atoms with E-state index in [0.29, 0.717) is 6.04 Å². The Morgan fingerprint density at radius 1 is 1.30 bits per heavy atom. The highest BCUT2D eigenvalue weighted by Crippen LogP contribution is 2.26. The maximum atomic E-state index is 12.3. The first kappa shape index (κ1) is 14.9. The first-order chi connectivity index (χ1) is 9.63. The highest BCUT2D eigenvalue weighted by molar-refractivity contribution is 5.96. The zero-order valence-electron chi connectivity index (χ0n) is 12.4. The second kappa shape index (κ2) is 6.75. The minimum absolute atomic E-state index is 0.0334. The number of benzene rings is 1. The van der Waals surface area contributed by atoms with Crippen molar-refractivity contribution in [3.05, 3.63) is 29.3 Å². The van der Waals surface area contributed by atoms with E-state index >= 15 is 0 Å². The van der Waals surface area contributed by atoms with Crippen LogP contribution in [-0.2, 0) is 0 Å². The van der Waals surface area contributed by atoms with E-state index < -0.39 is 0 Å². The standard InChI is InChI=1S/C16H25N3O/c1-3-12-4-6-13(7-5-12)18-16(20)15-9-8-14(19-17)10-11(15)2/h8-10,12-13,19H,3-7,17H2,1-2H3,(H,18,20). The van der Waals surface area contributed by atoms with Gasteiger partial charge in [-0.25, -0.2) is 0 Å². The van der Waals surface area contributed by atoms with Gasteiger partial charge in [0.25, 0.3) is 5.91 Å². The van der Waals surface area contributed by atoms with Gasteiger partial charge >= 0.3 is 0 Å². The fraction of sp³-hybridized carbons (Fsp3) is 0.562. The summed E-state index contributed by atoms with van der Waals surface area (Å²) in [6.07, 6.45) is 5.93. The van der Waals surface area contributed by atoms with Crippen LogP contribution < -0.4 is 16.6 Å². The van der Waals surface area contributed by atoms with Crippen LogP contribution in [0.15, 0.2) is 18.2 Å². The average Bonchev–Trinajstić information content (AvgIpc) is 2.47. The Bertz CT molecular complexity index is 465. The van der Waals surface area contributed by atoms with Crippen molar-refractivity contribution in [3.8, 4) is 0 Å². The largest absolute Gasteiger partial charge is 0.349 e. The Labute approximate surface area is 121 Å². The number of carbonyl (C=O) groups is 1. The molecule has 1 aromatic carbocycles. The summed E-state index contributed by atoms with van der Waals surface area (Å²) in [6.45, 7) is 4.18. The lowest BCUT2D eigenvalue weighted by Gasteiger charge is -2.28. The first-order valence-corrected chi connectivity index (χ1v) is 7.52. The Balaban J connectivity index is 1.95. The van der Waals surface area contributed by atoms with Crippen molar-refractivity contribution < 1.29 is 4.79 Å². The second-order valence-corrected chi connectivity index (χ2v) is 5.77. The van der Waals surface area contributed by atoms with E-state index in [4.69, 9.17) is 5.84 Å². The average molecular weight is 275 g/mol. The van der Waals surface area contributed by atoms with Crippen LogP contribution in [0.5, 0.6) is 0 Å². The van der Waals surface area contributed by atoms with Gasteiger partial charge in [0.05, 0.1) is 0 Å². The van der Waals surface area contributed by atoms with Gasteiger partial charge in [0, 0.05) is 17.3 Å². The minimum Gasteiger partial charge on any atom is -0.349 e. The summed E-state index contributed by atoms with van der Waals surface area (Å²) in [5.41, 5.74) is 5.10. The molecule has 0 radical (unpaired) electrons. The second-order valence-electron chi connectivity index (χ2n) is 5.77. The lowest BCUT2D eigenvalue weighted by atomic mass is 9.84.